The highest BCUT2D eigenvalue weighted by molar-refractivity contribution is 5.69. The van der Waals surface area contributed by atoms with Crippen molar-refractivity contribution in [3.63, 3.8) is 0 Å². The number of benzene rings is 2. The number of aryl methyl sites for hydroxylation is 2. The molecule has 0 saturated carbocycles. The van der Waals surface area contributed by atoms with Crippen molar-refractivity contribution < 1.29 is 9.84 Å². The van der Waals surface area contributed by atoms with Crippen molar-refractivity contribution >= 4 is 12.2 Å². The molecule has 2 aromatic heterocycles. The van der Waals surface area contributed by atoms with E-state index in [1.807, 2.05) is 78.4 Å². The zero-order valence-corrected chi connectivity index (χ0v) is 17.4. The predicted molar refractivity (Wildman–Crippen MR) is 118 cm³/mol. The summed E-state index contributed by atoms with van der Waals surface area (Å²) in [7, 11) is 1.65. The highest BCUT2D eigenvalue weighted by atomic mass is 16.5. The zero-order chi connectivity index (χ0) is 21.4. The van der Waals surface area contributed by atoms with Crippen LogP contribution in [0.15, 0.2) is 61.1 Å². The first-order valence-corrected chi connectivity index (χ1v) is 10.2. The Labute approximate surface area is 180 Å². The van der Waals surface area contributed by atoms with Gasteiger partial charge < -0.3 is 14.4 Å². The van der Waals surface area contributed by atoms with Crippen LogP contribution in [0.2, 0.25) is 0 Å². The van der Waals surface area contributed by atoms with E-state index in [2.05, 4.69) is 15.1 Å². The summed E-state index contributed by atoms with van der Waals surface area (Å²) in [6, 6.07) is 15.6. The smallest absolute Gasteiger partial charge is 0.174 e. The van der Waals surface area contributed by atoms with E-state index in [-0.39, 0.29) is 0 Å². The Kier molecular flexibility index (Phi) is 4.67. The quantitative estimate of drug-likeness (QED) is 0.541. The van der Waals surface area contributed by atoms with Gasteiger partial charge in [0.1, 0.15) is 5.75 Å². The van der Waals surface area contributed by atoms with Gasteiger partial charge in [-0.3, -0.25) is 0 Å². The number of methoxy groups -OCH3 is 1. The van der Waals surface area contributed by atoms with Gasteiger partial charge in [-0.25, -0.2) is 14.6 Å². The molecule has 0 spiro atoms. The first-order valence-electron chi connectivity index (χ1n) is 10.2. The van der Waals surface area contributed by atoms with Crippen molar-refractivity contribution in [2.24, 2.45) is 0 Å². The number of aliphatic hydroxyl groups is 1. The van der Waals surface area contributed by atoms with E-state index in [0.717, 1.165) is 28.3 Å². The maximum atomic E-state index is 11.3. The van der Waals surface area contributed by atoms with E-state index >= 15 is 0 Å². The molecule has 4 aromatic rings. The molecule has 1 unspecified atom stereocenters. The lowest BCUT2D eigenvalue weighted by Crippen LogP contribution is -2.25. The van der Waals surface area contributed by atoms with Gasteiger partial charge in [0, 0.05) is 19.2 Å². The number of hydrogen-bond donors (Lipinski definition) is 1. The molecule has 0 fully saturated rings. The molecule has 3 heterocycles. The minimum absolute atomic E-state index is 0.567. The Morgan fingerprint density at radius 2 is 1.97 bits per heavy atom. The predicted octanol–water partition coefficient (Wildman–Crippen LogP) is 3.59. The third-order valence-corrected chi connectivity index (χ3v) is 5.61. The first-order chi connectivity index (χ1) is 15.1. The van der Waals surface area contributed by atoms with Crippen molar-refractivity contribution in [2.75, 3.05) is 7.11 Å². The Morgan fingerprint density at radius 1 is 1.13 bits per heavy atom. The van der Waals surface area contributed by atoms with Gasteiger partial charge in [-0.15, -0.1) is 0 Å². The second kappa shape index (κ2) is 7.52. The molecule has 1 atom stereocenters. The van der Waals surface area contributed by atoms with Crippen molar-refractivity contribution in [1.82, 2.24) is 24.3 Å². The number of fused-ring (bicyclic) bond motifs is 1. The molecule has 0 radical (unpaired) electrons. The second-order valence-electron chi connectivity index (χ2n) is 7.68. The molecule has 156 valence electrons. The van der Waals surface area contributed by atoms with Crippen LogP contribution in [0.5, 0.6) is 5.75 Å². The molecule has 2 aromatic carbocycles. The summed E-state index contributed by atoms with van der Waals surface area (Å²) in [4.78, 5) is 8.90. The average Bonchev–Trinajstić information content (AvgIpc) is 3.50. The summed E-state index contributed by atoms with van der Waals surface area (Å²) >= 11 is 0. The van der Waals surface area contributed by atoms with Crippen LogP contribution < -0.4 is 4.74 Å². The molecule has 7 heteroatoms. The summed E-state index contributed by atoms with van der Waals surface area (Å²) in [5, 5.41) is 15.8. The van der Waals surface area contributed by atoms with Gasteiger partial charge in [0.15, 0.2) is 17.2 Å². The Bertz CT molecular complexity index is 1260. The van der Waals surface area contributed by atoms with Gasteiger partial charge in [0.05, 0.1) is 24.8 Å². The van der Waals surface area contributed by atoms with Crippen LogP contribution in [-0.2, 0) is 12.1 Å². The van der Waals surface area contributed by atoms with Crippen LogP contribution in [0.3, 0.4) is 0 Å². The Hall–Kier alpha value is -3.71. The zero-order valence-electron chi connectivity index (χ0n) is 17.4. The van der Waals surface area contributed by atoms with Gasteiger partial charge >= 0.3 is 0 Å². The molecular weight excluding hydrogens is 390 g/mol. The van der Waals surface area contributed by atoms with Gasteiger partial charge in [0.2, 0.25) is 0 Å². The molecule has 0 bridgehead atoms. The van der Waals surface area contributed by atoms with Crippen LogP contribution in [0.25, 0.3) is 17.8 Å². The van der Waals surface area contributed by atoms with E-state index in [4.69, 9.17) is 4.74 Å². The molecule has 5 rings (SSSR count). The lowest BCUT2D eigenvalue weighted by Gasteiger charge is -2.20. The van der Waals surface area contributed by atoms with Crippen molar-refractivity contribution in [3.05, 3.63) is 89.5 Å². The van der Waals surface area contributed by atoms with Crippen molar-refractivity contribution in [1.29, 1.82) is 0 Å². The first kappa shape index (κ1) is 19.3. The Morgan fingerprint density at radius 3 is 2.71 bits per heavy atom. The molecule has 0 amide bonds. The summed E-state index contributed by atoms with van der Waals surface area (Å²) in [6.07, 6.45) is 8.10. The minimum atomic E-state index is -1.10. The van der Waals surface area contributed by atoms with E-state index < -0.39 is 5.60 Å². The van der Waals surface area contributed by atoms with E-state index in [9.17, 15) is 5.11 Å². The van der Waals surface area contributed by atoms with E-state index in [0.29, 0.717) is 24.6 Å². The van der Waals surface area contributed by atoms with Crippen molar-refractivity contribution in [3.8, 4) is 11.4 Å². The Balaban J connectivity index is 1.42. The van der Waals surface area contributed by atoms with E-state index in [1.165, 1.54) is 0 Å². The summed E-state index contributed by atoms with van der Waals surface area (Å²) in [6.45, 7) is 2.59. The fraction of sp³-hybridized carbons (Fsp3) is 0.208. The lowest BCUT2D eigenvalue weighted by atomic mass is 9.92. The van der Waals surface area contributed by atoms with Gasteiger partial charge in [-0.1, -0.05) is 42.5 Å². The maximum Gasteiger partial charge on any atom is 0.174 e. The van der Waals surface area contributed by atoms with Crippen LogP contribution in [0, 0.1) is 6.92 Å². The van der Waals surface area contributed by atoms with Crippen LogP contribution in [0.1, 0.15) is 34.9 Å². The number of rotatable bonds is 5. The number of ether oxygens (including phenoxy) is 1. The molecule has 0 saturated heterocycles. The van der Waals surface area contributed by atoms with Crippen LogP contribution in [0.4, 0.5) is 0 Å². The molecular formula is C24H23N5O2. The van der Waals surface area contributed by atoms with Crippen molar-refractivity contribution in [2.45, 2.75) is 25.5 Å². The third-order valence-electron chi connectivity index (χ3n) is 5.61. The van der Waals surface area contributed by atoms with Gasteiger partial charge in [-0.2, -0.15) is 5.10 Å². The standard InChI is InChI=1S/C24H23N5O2/c1-17-15-28(16-25-17)20-10-8-18(14-21(20)31-2)9-11-22-26-23-24(30,12-13-29(23)27-22)19-6-4-3-5-7-19/h3-11,14-16,30H,12-13H2,1-2H3. The van der Waals surface area contributed by atoms with E-state index in [1.54, 1.807) is 18.1 Å². The molecule has 7 nitrogen and oxygen atoms in total. The highest BCUT2D eigenvalue weighted by Gasteiger charge is 2.41. The molecule has 1 aliphatic rings. The fourth-order valence-corrected chi connectivity index (χ4v) is 3.99. The summed E-state index contributed by atoms with van der Waals surface area (Å²) in [5.74, 6) is 1.90. The highest BCUT2D eigenvalue weighted by Crippen LogP contribution is 2.37. The second-order valence-corrected chi connectivity index (χ2v) is 7.68. The minimum Gasteiger partial charge on any atom is -0.495 e. The number of aromatic nitrogens is 5. The molecule has 31 heavy (non-hydrogen) atoms. The number of hydrogen-bond acceptors (Lipinski definition) is 5. The largest absolute Gasteiger partial charge is 0.495 e. The summed E-state index contributed by atoms with van der Waals surface area (Å²) < 4.78 is 9.30. The average molecular weight is 413 g/mol. The molecule has 1 aliphatic heterocycles. The van der Waals surface area contributed by atoms with Gasteiger partial charge in [-0.05, 0) is 36.3 Å². The number of nitrogens with zero attached hydrogens (tertiary/aromatic N) is 5. The normalized spacial score (nSPS) is 17.9. The lowest BCUT2D eigenvalue weighted by molar-refractivity contribution is 0.0785. The topological polar surface area (TPSA) is 78.0 Å². The number of imidazole rings is 1. The van der Waals surface area contributed by atoms with Crippen LogP contribution in [-0.4, -0.2) is 36.5 Å². The maximum absolute atomic E-state index is 11.3. The van der Waals surface area contributed by atoms with Crippen LogP contribution >= 0.6 is 0 Å². The fourth-order valence-electron chi connectivity index (χ4n) is 3.99. The molecule has 0 aliphatic carbocycles. The summed E-state index contributed by atoms with van der Waals surface area (Å²) in [5.41, 5.74) is 2.57. The molecule has 1 N–H and O–H groups in total. The third kappa shape index (κ3) is 3.43. The monoisotopic (exact) mass is 413 g/mol. The van der Waals surface area contributed by atoms with Gasteiger partial charge in [0.25, 0.3) is 0 Å². The SMILES string of the molecule is COc1cc(C=Cc2nc3n(n2)CCC3(O)c2ccccc2)ccc1-n1cnc(C)c1.